The molecule has 0 saturated carbocycles. The Hall–Kier alpha value is -2.34. The van der Waals surface area contributed by atoms with Gasteiger partial charge in [0, 0.05) is 4.47 Å². The molecule has 0 atom stereocenters. The van der Waals surface area contributed by atoms with E-state index in [0.717, 1.165) is 4.47 Å². The lowest BCUT2D eigenvalue weighted by Crippen LogP contribution is -2.18. The summed E-state index contributed by atoms with van der Waals surface area (Å²) in [7, 11) is 1.50. The van der Waals surface area contributed by atoms with Gasteiger partial charge in [-0.2, -0.15) is 5.10 Å². The minimum Gasteiger partial charge on any atom is -0.508 e. The van der Waals surface area contributed by atoms with Gasteiger partial charge in [-0.3, -0.25) is 4.79 Å². The molecule has 0 bridgehead atoms. The lowest BCUT2D eigenvalue weighted by Gasteiger charge is -2.07. The lowest BCUT2D eigenvalue weighted by molar-refractivity contribution is 0.0952. The Morgan fingerprint density at radius 3 is 2.86 bits per heavy atom. The molecule has 2 aromatic rings. The van der Waals surface area contributed by atoms with Crippen molar-refractivity contribution in [3.8, 4) is 11.5 Å². The average Bonchev–Trinajstić information content (AvgIpc) is 2.47. The number of hydrogen-bond acceptors (Lipinski definition) is 4. The largest absolute Gasteiger partial charge is 0.508 e. The number of ether oxygens (including phenoxy) is 1. The SMILES string of the molecule is COc1ccc(Br)cc1C(=O)N/N=C/c1cccc(O)c1. The van der Waals surface area contributed by atoms with Crippen molar-refractivity contribution < 1.29 is 14.6 Å². The van der Waals surface area contributed by atoms with Crippen LogP contribution >= 0.6 is 15.9 Å². The van der Waals surface area contributed by atoms with Crippen molar-refractivity contribution in [3.63, 3.8) is 0 Å². The molecule has 6 heteroatoms. The second-order valence-electron chi connectivity index (χ2n) is 4.14. The molecule has 5 nitrogen and oxygen atoms in total. The van der Waals surface area contributed by atoms with Crippen LogP contribution in [0.3, 0.4) is 0 Å². The summed E-state index contributed by atoms with van der Waals surface area (Å²) in [4.78, 5) is 12.1. The summed E-state index contributed by atoms with van der Waals surface area (Å²) in [5.74, 6) is 0.215. The fraction of sp³-hybridized carbons (Fsp3) is 0.0667. The Bertz CT molecular complexity index is 686. The van der Waals surface area contributed by atoms with Crippen molar-refractivity contribution in [3.05, 3.63) is 58.1 Å². The molecule has 21 heavy (non-hydrogen) atoms. The zero-order valence-corrected chi connectivity index (χ0v) is 12.8. The Balaban J connectivity index is 2.10. The number of aromatic hydroxyl groups is 1. The van der Waals surface area contributed by atoms with Crippen LogP contribution in [0.4, 0.5) is 0 Å². The first-order chi connectivity index (χ1) is 10.1. The lowest BCUT2D eigenvalue weighted by atomic mass is 10.2. The van der Waals surface area contributed by atoms with Gasteiger partial charge in [-0.1, -0.05) is 28.1 Å². The number of halogens is 1. The second kappa shape index (κ2) is 6.90. The molecule has 0 aliphatic carbocycles. The van der Waals surface area contributed by atoms with E-state index >= 15 is 0 Å². The molecule has 0 aromatic heterocycles. The second-order valence-corrected chi connectivity index (χ2v) is 5.05. The van der Waals surface area contributed by atoms with E-state index in [9.17, 15) is 9.90 Å². The number of phenolic OH excluding ortho intramolecular Hbond substituents is 1. The van der Waals surface area contributed by atoms with Crippen LogP contribution in [0.25, 0.3) is 0 Å². The maximum atomic E-state index is 12.1. The van der Waals surface area contributed by atoms with E-state index in [0.29, 0.717) is 16.9 Å². The topological polar surface area (TPSA) is 70.9 Å². The molecule has 2 N–H and O–H groups in total. The Labute approximate surface area is 130 Å². The number of hydrogen-bond donors (Lipinski definition) is 2. The number of nitrogens with zero attached hydrogens (tertiary/aromatic N) is 1. The first-order valence-electron chi connectivity index (χ1n) is 6.06. The molecule has 0 spiro atoms. The van der Waals surface area contributed by atoms with Crippen molar-refractivity contribution in [2.75, 3.05) is 7.11 Å². The first-order valence-corrected chi connectivity index (χ1v) is 6.85. The molecule has 1 amide bonds. The van der Waals surface area contributed by atoms with Gasteiger partial charge in [-0.15, -0.1) is 0 Å². The van der Waals surface area contributed by atoms with Crippen molar-refractivity contribution in [2.45, 2.75) is 0 Å². The number of hydrazone groups is 1. The molecular formula is C15H13BrN2O3. The summed E-state index contributed by atoms with van der Waals surface area (Å²) >= 11 is 3.30. The highest BCUT2D eigenvalue weighted by Crippen LogP contribution is 2.22. The number of benzene rings is 2. The van der Waals surface area contributed by atoms with Gasteiger partial charge in [-0.25, -0.2) is 5.43 Å². The highest BCUT2D eigenvalue weighted by atomic mass is 79.9. The monoisotopic (exact) mass is 348 g/mol. The predicted octanol–water partition coefficient (Wildman–Crippen LogP) is 2.93. The summed E-state index contributed by atoms with van der Waals surface area (Å²) in [6.07, 6.45) is 1.45. The molecular weight excluding hydrogens is 336 g/mol. The third-order valence-corrected chi connectivity index (χ3v) is 3.15. The van der Waals surface area contributed by atoms with Crippen LogP contribution < -0.4 is 10.2 Å². The summed E-state index contributed by atoms with van der Waals surface area (Å²) < 4.78 is 5.90. The van der Waals surface area contributed by atoms with Crippen LogP contribution in [-0.2, 0) is 0 Å². The molecule has 0 heterocycles. The molecule has 2 rings (SSSR count). The molecule has 0 fully saturated rings. The quantitative estimate of drug-likeness (QED) is 0.659. The van der Waals surface area contributed by atoms with Crippen molar-refractivity contribution >= 4 is 28.1 Å². The van der Waals surface area contributed by atoms with E-state index in [1.165, 1.54) is 19.4 Å². The van der Waals surface area contributed by atoms with Gasteiger partial charge in [0.25, 0.3) is 5.91 Å². The highest BCUT2D eigenvalue weighted by Gasteiger charge is 2.11. The highest BCUT2D eigenvalue weighted by molar-refractivity contribution is 9.10. The Kier molecular flexibility index (Phi) is 4.94. The first kappa shape index (κ1) is 15.1. The van der Waals surface area contributed by atoms with Crippen LogP contribution in [0.1, 0.15) is 15.9 Å². The zero-order chi connectivity index (χ0) is 15.2. The molecule has 2 aromatic carbocycles. The van der Waals surface area contributed by atoms with Crippen LogP contribution in [0.15, 0.2) is 52.0 Å². The van der Waals surface area contributed by atoms with Crippen molar-refractivity contribution in [2.24, 2.45) is 5.10 Å². The fourth-order valence-corrected chi connectivity index (χ4v) is 2.05. The molecule has 0 radical (unpaired) electrons. The van der Waals surface area contributed by atoms with Crippen LogP contribution in [0.2, 0.25) is 0 Å². The zero-order valence-electron chi connectivity index (χ0n) is 11.2. The van der Waals surface area contributed by atoms with E-state index in [-0.39, 0.29) is 11.7 Å². The van der Waals surface area contributed by atoms with Gasteiger partial charge in [0.15, 0.2) is 0 Å². The maximum Gasteiger partial charge on any atom is 0.275 e. The third-order valence-electron chi connectivity index (χ3n) is 2.66. The molecule has 0 aliphatic heterocycles. The maximum absolute atomic E-state index is 12.1. The Morgan fingerprint density at radius 2 is 2.14 bits per heavy atom. The number of rotatable bonds is 4. The van der Waals surface area contributed by atoms with Gasteiger partial charge in [0.05, 0.1) is 18.9 Å². The van der Waals surface area contributed by atoms with Gasteiger partial charge in [0.2, 0.25) is 0 Å². The summed E-state index contributed by atoms with van der Waals surface area (Å²) in [6, 6.07) is 11.7. The standard InChI is InChI=1S/C15H13BrN2O3/c1-21-14-6-5-11(16)8-13(14)15(20)18-17-9-10-3-2-4-12(19)7-10/h2-9,19H,1H3,(H,18,20)/b17-9+. The summed E-state index contributed by atoms with van der Waals surface area (Å²) in [6.45, 7) is 0. The van der Waals surface area contributed by atoms with E-state index in [1.807, 2.05) is 0 Å². The number of phenols is 1. The number of nitrogens with one attached hydrogen (secondary N) is 1. The van der Waals surface area contributed by atoms with E-state index in [1.54, 1.807) is 36.4 Å². The predicted molar refractivity (Wildman–Crippen MR) is 83.9 cm³/mol. The van der Waals surface area contributed by atoms with Crippen LogP contribution in [-0.4, -0.2) is 24.3 Å². The normalized spacial score (nSPS) is 10.6. The number of carbonyl (C=O) groups excluding carboxylic acids is 1. The fourth-order valence-electron chi connectivity index (χ4n) is 1.69. The van der Waals surface area contributed by atoms with Gasteiger partial charge in [0.1, 0.15) is 11.5 Å². The summed E-state index contributed by atoms with van der Waals surface area (Å²) in [5.41, 5.74) is 3.47. The van der Waals surface area contributed by atoms with Gasteiger partial charge < -0.3 is 9.84 Å². The average molecular weight is 349 g/mol. The van der Waals surface area contributed by atoms with Crippen LogP contribution in [0.5, 0.6) is 11.5 Å². The molecule has 108 valence electrons. The molecule has 0 aliphatic rings. The number of carbonyl (C=O) groups is 1. The molecule has 0 unspecified atom stereocenters. The summed E-state index contributed by atoms with van der Waals surface area (Å²) in [5, 5.41) is 13.2. The number of amides is 1. The van der Waals surface area contributed by atoms with Crippen LogP contribution in [0, 0.1) is 0 Å². The van der Waals surface area contributed by atoms with Gasteiger partial charge in [-0.05, 0) is 35.9 Å². The smallest absolute Gasteiger partial charge is 0.275 e. The molecule has 0 saturated heterocycles. The van der Waals surface area contributed by atoms with Crippen molar-refractivity contribution in [1.82, 2.24) is 5.43 Å². The van der Waals surface area contributed by atoms with Crippen molar-refractivity contribution in [1.29, 1.82) is 0 Å². The van der Waals surface area contributed by atoms with Gasteiger partial charge >= 0.3 is 0 Å². The third kappa shape index (κ3) is 4.06. The minimum absolute atomic E-state index is 0.138. The van der Waals surface area contributed by atoms with E-state index < -0.39 is 0 Å². The van der Waals surface area contributed by atoms with E-state index in [4.69, 9.17) is 4.74 Å². The van der Waals surface area contributed by atoms with E-state index in [2.05, 4.69) is 26.5 Å². The minimum atomic E-state index is -0.385. The number of methoxy groups -OCH3 is 1. The Morgan fingerprint density at radius 1 is 1.33 bits per heavy atom.